The van der Waals surface area contributed by atoms with E-state index in [9.17, 15) is 23.7 Å². The van der Waals surface area contributed by atoms with Gasteiger partial charge in [0, 0.05) is 12.1 Å². The highest BCUT2D eigenvalue weighted by Gasteiger charge is 2.45. The molecule has 2 heterocycles. The number of nitrogen functional groups attached to an aromatic ring is 1. The van der Waals surface area contributed by atoms with Gasteiger partial charge in [0.25, 0.3) is 0 Å². The van der Waals surface area contributed by atoms with Crippen molar-refractivity contribution >= 4 is 41.5 Å². The molecule has 0 spiro atoms. The average molecular weight is 497 g/mol. The van der Waals surface area contributed by atoms with Crippen LogP contribution in [-0.4, -0.2) is 53.0 Å². The van der Waals surface area contributed by atoms with E-state index in [1.807, 2.05) is 0 Å². The van der Waals surface area contributed by atoms with E-state index in [1.54, 1.807) is 6.92 Å². The summed E-state index contributed by atoms with van der Waals surface area (Å²) in [6, 6.07) is 1.44. The van der Waals surface area contributed by atoms with Crippen molar-refractivity contribution in [3.05, 3.63) is 17.0 Å². The molecule has 1 fully saturated rings. The lowest BCUT2D eigenvalue weighted by atomic mass is 10.0. The molecule has 1 aliphatic heterocycles. The number of aromatic nitrogens is 2. The van der Waals surface area contributed by atoms with Crippen LogP contribution in [-0.2, 0) is 31.6 Å². The Hall–Kier alpha value is -0.570. The minimum Gasteiger partial charge on any atom is -0.390 e. The zero-order valence-electron chi connectivity index (χ0n) is 14.5. The fourth-order valence-electron chi connectivity index (χ4n) is 2.44. The molecule has 0 bridgehead atoms. The van der Waals surface area contributed by atoms with E-state index >= 15 is 0 Å². The van der Waals surface area contributed by atoms with Gasteiger partial charge in [-0.2, -0.15) is 8.62 Å². The third-order valence-electron chi connectivity index (χ3n) is 3.63. The van der Waals surface area contributed by atoms with Gasteiger partial charge >= 0.3 is 23.5 Å². The van der Waals surface area contributed by atoms with E-state index < -0.39 is 54.4 Å². The van der Waals surface area contributed by atoms with Crippen LogP contribution in [0, 0.1) is 10.7 Å². The van der Waals surface area contributed by atoms with E-state index in [0.29, 0.717) is 0 Å². The molecule has 1 aliphatic rings. The number of hydrogen-bond donors (Lipinski definition) is 6. The first-order chi connectivity index (χ1) is 13.1. The third-order valence-corrected chi connectivity index (χ3v) is 7.73. The maximum absolute atomic E-state index is 11.8. The van der Waals surface area contributed by atoms with Crippen LogP contribution in [0.15, 0.2) is 12.3 Å². The van der Waals surface area contributed by atoms with E-state index in [-0.39, 0.29) is 10.6 Å². The summed E-state index contributed by atoms with van der Waals surface area (Å²) in [5, 5.41) is 10.3. The molecule has 6 atom stereocenters. The summed E-state index contributed by atoms with van der Waals surface area (Å²) in [7, 11) is -16.5. The summed E-state index contributed by atoms with van der Waals surface area (Å²) < 4.78 is 52.4. The second-order valence-electron chi connectivity index (χ2n) is 5.84. The zero-order valence-corrected chi connectivity index (χ0v) is 18.0. The molecule has 1 saturated heterocycles. The van der Waals surface area contributed by atoms with Crippen molar-refractivity contribution in [1.29, 1.82) is 0 Å². The Balaban J connectivity index is 2.05. The number of phosphoric ester groups is 1. The van der Waals surface area contributed by atoms with Crippen LogP contribution < -0.4 is 5.73 Å². The summed E-state index contributed by atoms with van der Waals surface area (Å²) in [4.78, 5) is 39.4. The number of phosphoric acid groups is 3. The van der Waals surface area contributed by atoms with Gasteiger partial charge in [-0.15, -0.1) is 0 Å². The van der Waals surface area contributed by atoms with Crippen LogP contribution >= 0.6 is 35.7 Å². The topological polar surface area (TPSA) is 233 Å². The molecular formula is C10H18N3O12P3S. The van der Waals surface area contributed by atoms with Crippen LogP contribution in [0.1, 0.15) is 13.2 Å². The summed E-state index contributed by atoms with van der Waals surface area (Å²) in [6.45, 7) is 0.805. The highest BCUT2D eigenvalue weighted by Crippen LogP contribution is 2.66. The fraction of sp³-hybridized carbons (Fsp3) is 0.600. The van der Waals surface area contributed by atoms with Gasteiger partial charge < -0.3 is 35.2 Å². The van der Waals surface area contributed by atoms with Crippen molar-refractivity contribution in [2.75, 3.05) is 12.3 Å². The second kappa shape index (κ2) is 8.89. The zero-order chi connectivity index (χ0) is 22.2. The number of nitrogens with two attached hydrogens (primary N) is 1. The molecule has 1 aromatic rings. The van der Waals surface area contributed by atoms with Crippen LogP contribution in [0.25, 0.3) is 0 Å². The first-order valence-electron chi connectivity index (χ1n) is 7.57. The number of anilines is 1. The van der Waals surface area contributed by atoms with Gasteiger partial charge in [-0.3, -0.25) is 9.09 Å². The lowest BCUT2D eigenvalue weighted by molar-refractivity contribution is -0.0460. The third kappa shape index (κ3) is 6.97. The fourth-order valence-corrected chi connectivity index (χ4v) is 5.74. The summed E-state index contributed by atoms with van der Waals surface area (Å²) >= 11 is 5.07. The standard InChI is InChI=1S/C10H18N3O12P3S/c1-5-8(14)6(23-9(5)13-3-2-7(11)12-10(13)29)4-22-27(18,19)25-28(20,21)24-26(15,16)17/h2-3,5-6,8-9,14H,4H2,1H3,(H,18,19)(H,20,21)(H2,11,12,29)(H2,15,16,17)/t5?,6-,8-,9-/m1/s1. The Morgan fingerprint density at radius 3 is 2.41 bits per heavy atom. The predicted octanol–water partition coefficient (Wildman–Crippen LogP) is 0.432. The molecule has 1 aromatic heterocycles. The van der Waals surface area contributed by atoms with Gasteiger partial charge in [0.2, 0.25) is 4.77 Å². The maximum atomic E-state index is 11.8. The molecule has 0 saturated carbocycles. The molecule has 29 heavy (non-hydrogen) atoms. The summed E-state index contributed by atoms with van der Waals surface area (Å²) in [5.41, 5.74) is 5.52. The monoisotopic (exact) mass is 497 g/mol. The molecule has 2 rings (SSSR count). The van der Waals surface area contributed by atoms with Crippen molar-refractivity contribution < 1.29 is 56.3 Å². The summed E-state index contributed by atoms with van der Waals surface area (Å²) in [5.74, 6) is -0.414. The highest BCUT2D eigenvalue weighted by molar-refractivity contribution is 7.71. The largest absolute Gasteiger partial charge is 0.490 e. The number of rotatable bonds is 8. The summed E-state index contributed by atoms with van der Waals surface area (Å²) in [6.07, 6.45) is -1.77. The van der Waals surface area contributed by atoms with Gasteiger partial charge in [-0.05, 0) is 18.3 Å². The molecule has 19 heteroatoms. The van der Waals surface area contributed by atoms with Crippen LogP contribution in [0.4, 0.5) is 5.82 Å². The van der Waals surface area contributed by atoms with E-state index in [0.717, 1.165) is 0 Å². The minimum atomic E-state index is -5.64. The van der Waals surface area contributed by atoms with E-state index in [4.69, 9.17) is 37.4 Å². The normalized spacial score (nSPS) is 29.3. The van der Waals surface area contributed by atoms with E-state index in [1.165, 1.54) is 16.8 Å². The second-order valence-corrected chi connectivity index (χ2v) is 10.6. The van der Waals surface area contributed by atoms with Crippen LogP contribution in [0.3, 0.4) is 0 Å². The smallest absolute Gasteiger partial charge is 0.390 e. The Labute approximate surface area is 168 Å². The van der Waals surface area contributed by atoms with Gasteiger partial charge in [0.1, 0.15) is 18.1 Å². The molecule has 0 amide bonds. The first-order valence-corrected chi connectivity index (χ1v) is 12.5. The van der Waals surface area contributed by atoms with Crippen LogP contribution in [0.2, 0.25) is 0 Å². The Kier molecular flexibility index (Phi) is 7.57. The van der Waals surface area contributed by atoms with Crippen LogP contribution in [0.5, 0.6) is 0 Å². The van der Waals surface area contributed by atoms with Gasteiger partial charge in [0.15, 0.2) is 0 Å². The van der Waals surface area contributed by atoms with Crippen molar-refractivity contribution in [3.63, 3.8) is 0 Å². The highest BCUT2D eigenvalue weighted by atomic mass is 32.1. The van der Waals surface area contributed by atoms with Gasteiger partial charge in [-0.25, -0.2) is 18.7 Å². The Morgan fingerprint density at radius 2 is 1.86 bits per heavy atom. The first kappa shape index (κ1) is 24.7. The van der Waals surface area contributed by atoms with E-state index in [2.05, 4.69) is 18.1 Å². The van der Waals surface area contributed by atoms with Crippen molar-refractivity contribution in [3.8, 4) is 0 Å². The maximum Gasteiger partial charge on any atom is 0.490 e. The molecular weight excluding hydrogens is 479 g/mol. The quantitative estimate of drug-likeness (QED) is 0.211. The number of ether oxygens (including phenoxy) is 1. The van der Waals surface area contributed by atoms with Gasteiger partial charge in [0.05, 0.1) is 12.7 Å². The lowest BCUT2D eigenvalue weighted by Crippen LogP contribution is -2.29. The molecule has 0 aliphatic carbocycles. The Bertz CT molecular complexity index is 951. The number of aliphatic hydroxyl groups is 1. The van der Waals surface area contributed by atoms with Crippen molar-refractivity contribution in [1.82, 2.24) is 9.55 Å². The number of hydrogen-bond acceptors (Lipinski definition) is 11. The van der Waals surface area contributed by atoms with Crippen molar-refractivity contribution in [2.45, 2.75) is 25.4 Å². The molecule has 166 valence electrons. The van der Waals surface area contributed by atoms with Gasteiger partial charge in [-0.1, -0.05) is 6.92 Å². The SMILES string of the molecule is CC1[C@@H](O)[C@@H](COP(=O)(O)OP(=O)(O)OP(=O)(O)O)O[C@H]1n1ccc(N)nc1=S. The molecule has 7 N–H and O–H groups in total. The molecule has 0 aromatic carbocycles. The lowest BCUT2D eigenvalue weighted by Gasteiger charge is -2.19. The Morgan fingerprint density at radius 1 is 1.24 bits per heavy atom. The minimum absolute atomic E-state index is 0.0580. The molecule has 0 radical (unpaired) electrons. The number of aliphatic hydroxyl groups excluding tert-OH is 1. The average Bonchev–Trinajstić information content (AvgIpc) is 2.78. The van der Waals surface area contributed by atoms with Crippen molar-refractivity contribution in [2.24, 2.45) is 5.92 Å². The predicted molar refractivity (Wildman–Crippen MR) is 96.4 cm³/mol. The number of nitrogens with zero attached hydrogens (tertiary/aromatic N) is 2. The molecule has 15 nitrogen and oxygen atoms in total. The molecule has 3 unspecified atom stereocenters.